The van der Waals surface area contributed by atoms with Crippen molar-refractivity contribution < 1.29 is 19.6 Å². The molecule has 2 rings (SSSR count). The Bertz CT molecular complexity index is 514. The number of pyridine rings is 1. The van der Waals surface area contributed by atoms with Crippen LogP contribution in [-0.2, 0) is 11.2 Å². The van der Waals surface area contributed by atoms with Gasteiger partial charge in [0.2, 0.25) is 0 Å². The number of nitrogens with zero attached hydrogens (tertiary/aromatic N) is 2. The number of fused-ring (bicyclic) bond motifs is 1. The first-order chi connectivity index (χ1) is 9.28. The number of amides is 1. The predicted molar refractivity (Wildman–Crippen MR) is 76.0 cm³/mol. The molecule has 0 atom stereocenters. The topological polar surface area (TPSA) is 82.9 Å². The lowest BCUT2D eigenvalue weighted by atomic mass is 9.80. The average molecular weight is 278 g/mol. The molecular formula is C13H19BN2O4. The van der Waals surface area contributed by atoms with Crippen LogP contribution in [0.15, 0.2) is 12.3 Å². The number of anilines is 1. The van der Waals surface area contributed by atoms with Crippen LogP contribution < -0.4 is 10.4 Å². The van der Waals surface area contributed by atoms with Crippen LogP contribution in [0.1, 0.15) is 32.8 Å². The zero-order valence-corrected chi connectivity index (χ0v) is 12.0. The van der Waals surface area contributed by atoms with Gasteiger partial charge >= 0.3 is 13.2 Å². The third-order valence-electron chi connectivity index (χ3n) is 2.96. The van der Waals surface area contributed by atoms with Gasteiger partial charge in [-0.1, -0.05) is 6.07 Å². The molecule has 6 nitrogen and oxygen atoms in total. The number of hydrogen-bond acceptors (Lipinski definition) is 5. The second kappa shape index (κ2) is 5.42. The molecule has 1 aromatic heterocycles. The summed E-state index contributed by atoms with van der Waals surface area (Å²) in [5, 5.41) is 18.3. The van der Waals surface area contributed by atoms with E-state index >= 15 is 0 Å². The Labute approximate surface area is 118 Å². The van der Waals surface area contributed by atoms with Crippen LogP contribution in [0.4, 0.5) is 10.6 Å². The summed E-state index contributed by atoms with van der Waals surface area (Å²) in [6, 6.07) is 1.67. The third kappa shape index (κ3) is 3.29. The van der Waals surface area contributed by atoms with Crippen LogP contribution in [0.3, 0.4) is 0 Å². The molecule has 0 aromatic carbocycles. The number of hydrogen-bond donors (Lipinski definition) is 2. The lowest BCUT2D eigenvalue weighted by Crippen LogP contribution is -2.41. The Kier molecular flexibility index (Phi) is 4.01. The SMILES string of the molecule is CC(C)(C)OC(=O)N1CCCc2cc(B(O)O)cnc21. The van der Waals surface area contributed by atoms with E-state index in [2.05, 4.69) is 4.98 Å². The van der Waals surface area contributed by atoms with Crippen molar-refractivity contribution in [1.29, 1.82) is 0 Å². The molecule has 0 aliphatic carbocycles. The van der Waals surface area contributed by atoms with Crippen LogP contribution >= 0.6 is 0 Å². The minimum atomic E-state index is -1.55. The van der Waals surface area contributed by atoms with E-state index in [-0.39, 0.29) is 0 Å². The standard InChI is InChI=1S/C13H19BN2O4/c1-13(2,3)20-12(17)16-6-4-5-9-7-10(14(18)19)8-15-11(9)16/h7-8,18-19H,4-6H2,1-3H3. The van der Waals surface area contributed by atoms with E-state index < -0.39 is 18.8 Å². The second-order valence-corrected chi connectivity index (χ2v) is 5.86. The van der Waals surface area contributed by atoms with Crippen LogP contribution in [0.2, 0.25) is 0 Å². The summed E-state index contributed by atoms with van der Waals surface area (Å²) in [6.45, 7) is 5.99. The summed E-state index contributed by atoms with van der Waals surface area (Å²) in [6.07, 6.45) is 2.48. The van der Waals surface area contributed by atoms with E-state index in [9.17, 15) is 4.79 Å². The number of rotatable bonds is 1. The monoisotopic (exact) mass is 278 g/mol. The zero-order valence-electron chi connectivity index (χ0n) is 12.0. The lowest BCUT2D eigenvalue weighted by molar-refractivity contribution is 0.0576. The molecule has 0 saturated carbocycles. The Morgan fingerprint density at radius 1 is 1.45 bits per heavy atom. The summed E-state index contributed by atoms with van der Waals surface area (Å²) < 4.78 is 5.36. The number of ether oxygens (including phenoxy) is 1. The van der Waals surface area contributed by atoms with Crippen molar-refractivity contribution in [2.24, 2.45) is 0 Å². The molecule has 0 unspecified atom stereocenters. The van der Waals surface area contributed by atoms with Crippen molar-refractivity contribution in [3.63, 3.8) is 0 Å². The van der Waals surface area contributed by atoms with E-state index in [1.807, 2.05) is 20.8 Å². The maximum Gasteiger partial charge on any atom is 0.490 e. The summed E-state index contributed by atoms with van der Waals surface area (Å²) >= 11 is 0. The van der Waals surface area contributed by atoms with Crippen LogP contribution in [0.5, 0.6) is 0 Å². The van der Waals surface area contributed by atoms with E-state index in [0.717, 1.165) is 18.4 Å². The summed E-state index contributed by atoms with van der Waals surface area (Å²) in [7, 11) is -1.55. The van der Waals surface area contributed by atoms with Gasteiger partial charge < -0.3 is 14.8 Å². The highest BCUT2D eigenvalue weighted by molar-refractivity contribution is 6.58. The van der Waals surface area contributed by atoms with E-state index in [4.69, 9.17) is 14.8 Å². The maximum absolute atomic E-state index is 12.2. The molecule has 7 heteroatoms. The second-order valence-electron chi connectivity index (χ2n) is 5.86. The Morgan fingerprint density at radius 3 is 2.75 bits per heavy atom. The highest BCUT2D eigenvalue weighted by Crippen LogP contribution is 2.25. The number of carbonyl (C=O) groups is 1. The number of aromatic nitrogens is 1. The summed E-state index contributed by atoms with van der Waals surface area (Å²) in [5.41, 5.74) is 0.595. The molecule has 0 radical (unpaired) electrons. The first-order valence-electron chi connectivity index (χ1n) is 6.63. The van der Waals surface area contributed by atoms with Gasteiger partial charge in [-0.25, -0.2) is 9.78 Å². The Morgan fingerprint density at radius 2 is 2.15 bits per heavy atom. The fraction of sp³-hybridized carbons (Fsp3) is 0.538. The molecule has 0 bridgehead atoms. The molecule has 1 aromatic rings. The number of carbonyl (C=O) groups excluding carboxylic acids is 1. The van der Waals surface area contributed by atoms with Crippen molar-refractivity contribution in [2.45, 2.75) is 39.2 Å². The summed E-state index contributed by atoms with van der Waals surface area (Å²) in [4.78, 5) is 17.8. The van der Waals surface area contributed by atoms with Gasteiger partial charge in [0.15, 0.2) is 0 Å². The van der Waals surface area contributed by atoms with Gasteiger partial charge in [-0.2, -0.15) is 0 Å². The molecule has 1 aliphatic rings. The van der Waals surface area contributed by atoms with E-state index in [1.165, 1.54) is 11.1 Å². The van der Waals surface area contributed by atoms with Crippen molar-refractivity contribution in [1.82, 2.24) is 4.98 Å². The molecule has 2 heterocycles. The smallest absolute Gasteiger partial charge is 0.443 e. The van der Waals surface area contributed by atoms with Crippen LogP contribution in [0.25, 0.3) is 0 Å². The zero-order chi connectivity index (χ0) is 14.9. The van der Waals surface area contributed by atoms with Crippen LogP contribution in [-0.4, -0.2) is 40.4 Å². The lowest BCUT2D eigenvalue weighted by Gasteiger charge is -2.30. The van der Waals surface area contributed by atoms with Gasteiger partial charge in [-0.05, 0) is 39.2 Å². The highest BCUT2D eigenvalue weighted by atomic mass is 16.6. The molecule has 108 valence electrons. The quantitative estimate of drug-likeness (QED) is 0.729. The van der Waals surface area contributed by atoms with Gasteiger partial charge in [0.05, 0.1) is 0 Å². The first-order valence-corrected chi connectivity index (χ1v) is 6.63. The van der Waals surface area contributed by atoms with Crippen molar-refractivity contribution in [3.8, 4) is 0 Å². The largest absolute Gasteiger partial charge is 0.490 e. The van der Waals surface area contributed by atoms with Gasteiger partial charge in [-0.15, -0.1) is 0 Å². The molecule has 20 heavy (non-hydrogen) atoms. The third-order valence-corrected chi connectivity index (χ3v) is 2.96. The fourth-order valence-corrected chi connectivity index (χ4v) is 2.12. The minimum Gasteiger partial charge on any atom is -0.443 e. The van der Waals surface area contributed by atoms with Crippen molar-refractivity contribution >= 4 is 24.5 Å². The maximum atomic E-state index is 12.2. The van der Waals surface area contributed by atoms with E-state index in [1.54, 1.807) is 6.07 Å². The molecule has 0 fully saturated rings. The molecule has 0 spiro atoms. The molecule has 1 aliphatic heterocycles. The normalized spacial score (nSPS) is 14.8. The molecule has 0 saturated heterocycles. The minimum absolute atomic E-state index is 0.329. The average Bonchev–Trinajstić information content (AvgIpc) is 2.35. The molecular weight excluding hydrogens is 259 g/mol. The predicted octanol–water partition coefficient (Wildman–Crippen LogP) is 0.449. The van der Waals surface area contributed by atoms with Crippen molar-refractivity contribution in [3.05, 3.63) is 17.8 Å². The Hall–Kier alpha value is -1.60. The van der Waals surface area contributed by atoms with E-state index in [0.29, 0.717) is 17.8 Å². The van der Waals surface area contributed by atoms with Crippen LogP contribution in [0, 0.1) is 0 Å². The van der Waals surface area contributed by atoms with Gasteiger partial charge in [0.25, 0.3) is 0 Å². The van der Waals surface area contributed by atoms with Crippen molar-refractivity contribution in [2.75, 3.05) is 11.4 Å². The van der Waals surface area contributed by atoms with Gasteiger partial charge in [0, 0.05) is 18.2 Å². The molecule has 1 amide bonds. The van der Waals surface area contributed by atoms with Gasteiger partial charge in [-0.3, -0.25) is 4.90 Å². The Balaban J connectivity index is 2.27. The fourth-order valence-electron chi connectivity index (χ4n) is 2.12. The number of aryl methyl sites for hydroxylation is 1. The first kappa shape index (κ1) is 14.8. The highest BCUT2D eigenvalue weighted by Gasteiger charge is 2.29. The molecule has 2 N–H and O–H groups in total. The van der Waals surface area contributed by atoms with Gasteiger partial charge in [0.1, 0.15) is 11.4 Å². The summed E-state index contributed by atoms with van der Waals surface area (Å²) in [5.74, 6) is 0.537.